The van der Waals surface area contributed by atoms with Crippen molar-refractivity contribution in [3.63, 3.8) is 0 Å². The van der Waals surface area contributed by atoms with Gasteiger partial charge in [0.25, 0.3) is 5.89 Å². The van der Waals surface area contributed by atoms with E-state index in [1.165, 1.54) is 0 Å². The normalized spacial score (nSPS) is 10.3. The smallest absolute Gasteiger partial charge is 0.327 e. The molecule has 0 aliphatic heterocycles. The molecule has 0 saturated carbocycles. The van der Waals surface area contributed by atoms with Gasteiger partial charge in [-0.2, -0.15) is 0 Å². The summed E-state index contributed by atoms with van der Waals surface area (Å²) in [5, 5.41) is 13.7. The molecule has 2 aromatic carbocycles. The molecule has 0 aliphatic carbocycles. The number of urea groups is 1. The standard InChI is InChI=1S/C15H10Cl2N4O2/c16-9-5-7-10(8-6-9)18-14(22)19-15-21-20-13(23-15)11-3-1-2-4-12(11)17/h1-8H,(H2,18,19,21,22). The Morgan fingerprint density at radius 1 is 0.957 bits per heavy atom. The first-order valence-electron chi connectivity index (χ1n) is 6.54. The molecular weight excluding hydrogens is 339 g/mol. The first-order valence-corrected chi connectivity index (χ1v) is 7.29. The third-order valence-corrected chi connectivity index (χ3v) is 3.43. The van der Waals surface area contributed by atoms with E-state index < -0.39 is 6.03 Å². The van der Waals surface area contributed by atoms with Gasteiger partial charge in [-0.3, -0.25) is 5.32 Å². The Morgan fingerprint density at radius 3 is 2.43 bits per heavy atom. The molecule has 0 spiro atoms. The Balaban J connectivity index is 1.68. The summed E-state index contributed by atoms with van der Waals surface area (Å²) in [5.41, 5.74) is 1.17. The molecule has 116 valence electrons. The quantitative estimate of drug-likeness (QED) is 0.719. The maximum atomic E-state index is 11.9. The van der Waals surface area contributed by atoms with Crippen LogP contribution in [0.1, 0.15) is 0 Å². The van der Waals surface area contributed by atoms with Gasteiger partial charge in [-0.1, -0.05) is 40.4 Å². The zero-order valence-corrected chi connectivity index (χ0v) is 13.1. The average Bonchev–Trinajstić information content (AvgIpc) is 2.98. The van der Waals surface area contributed by atoms with E-state index >= 15 is 0 Å². The molecule has 0 bridgehead atoms. The minimum atomic E-state index is -0.512. The molecule has 1 aromatic heterocycles. The maximum absolute atomic E-state index is 11.9. The number of rotatable bonds is 3. The highest BCUT2D eigenvalue weighted by atomic mass is 35.5. The van der Waals surface area contributed by atoms with Crippen LogP contribution in [0.2, 0.25) is 10.0 Å². The lowest BCUT2D eigenvalue weighted by atomic mass is 10.2. The number of benzene rings is 2. The van der Waals surface area contributed by atoms with Gasteiger partial charge in [0, 0.05) is 10.7 Å². The summed E-state index contributed by atoms with van der Waals surface area (Å²) >= 11 is 11.8. The number of hydrogen-bond donors (Lipinski definition) is 2. The van der Waals surface area contributed by atoms with Crippen molar-refractivity contribution in [3.8, 4) is 11.5 Å². The predicted octanol–water partition coefficient (Wildman–Crippen LogP) is 4.69. The molecule has 8 heteroatoms. The fourth-order valence-electron chi connectivity index (χ4n) is 1.81. The van der Waals surface area contributed by atoms with Crippen molar-refractivity contribution in [1.29, 1.82) is 0 Å². The second-order valence-electron chi connectivity index (χ2n) is 4.48. The molecule has 0 radical (unpaired) electrons. The third-order valence-electron chi connectivity index (χ3n) is 2.85. The summed E-state index contributed by atoms with van der Waals surface area (Å²) in [5.74, 6) is 0.220. The van der Waals surface area contributed by atoms with Crippen LogP contribution in [-0.2, 0) is 0 Å². The van der Waals surface area contributed by atoms with Gasteiger partial charge in [-0.15, -0.1) is 5.10 Å². The monoisotopic (exact) mass is 348 g/mol. The van der Waals surface area contributed by atoms with Crippen LogP contribution in [0.15, 0.2) is 52.9 Å². The lowest BCUT2D eigenvalue weighted by Gasteiger charge is -2.04. The zero-order valence-electron chi connectivity index (χ0n) is 11.6. The molecule has 0 atom stereocenters. The lowest BCUT2D eigenvalue weighted by molar-refractivity contribution is 0.261. The minimum absolute atomic E-state index is 0.0358. The van der Waals surface area contributed by atoms with Crippen molar-refractivity contribution >= 4 is 40.9 Å². The van der Waals surface area contributed by atoms with Gasteiger partial charge in [-0.05, 0) is 36.4 Å². The molecule has 0 aliphatic rings. The summed E-state index contributed by atoms with van der Waals surface area (Å²) < 4.78 is 5.38. The second-order valence-corrected chi connectivity index (χ2v) is 5.32. The number of carbonyl (C=O) groups is 1. The number of aromatic nitrogens is 2. The highest BCUT2D eigenvalue weighted by Crippen LogP contribution is 2.27. The van der Waals surface area contributed by atoms with Crippen LogP contribution in [-0.4, -0.2) is 16.2 Å². The Morgan fingerprint density at radius 2 is 1.70 bits per heavy atom. The van der Waals surface area contributed by atoms with Gasteiger partial charge >= 0.3 is 12.0 Å². The summed E-state index contributed by atoms with van der Waals surface area (Å²) in [6.07, 6.45) is 0. The molecule has 23 heavy (non-hydrogen) atoms. The zero-order chi connectivity index (χ0) is 16.2. The fourth-order valence-corrected chi connectivity index (χ4v) is 2.15. The lowest BCUT2D eigenvalue weighted by Crippen LogP contribution is -2.19. The number of hydrogen-bond acceptors (Lipinski definition) is 4. The Kier molecular flexibility index (Phi) is 4.45. The van der Waals surface area contributed by atoms with Crippen LogP contribution in [0.25, 0.3) is 11.5 Å². The van der Waals surface area contributed by atoms with E-state index in [-0.39, 0.29) is 11.9 Å². The van der Waals surface area contributed by atoms with Crippen LogP contribution in [0.5, 0.6) is 0 Å². The summed E-state index contributed by atoms with van der Waals surface area (Å²) in [6, 6.07) is 13.2. The van der Waals surface area contributed by atoms with Crippen LogP contribution in [0, 0.1) is 0 Å². The molecule has 0 saturated heterocycles. The van der Waals surface area contributed by atoms with E-state index in [0.29, 0.717) is 21.3 Å². The third kappa shape index (κ3) is 3.80. The number of halogens is 2. The predicted molar refractivity (Wildman–Crippen MR) is 88.8 cm³/mol. The molecule has 0 unspecified atom stereocenters. The van der Waals surface area contributed by atoms with E-state index in [9.17, 15) is 4.79 Å². The number of amides is 2. The molecule has 3 rings (SSSR count). The largest absolute Gasteiger partial charge is 0.403 e. The van der Waals surface area contributed by atoms with E-state index in [0.717, 1.165) is 0 Å². The van der Waals surface area contributed by atoms with Gasteiger partial charge in [-0.25, -0.2) is 4.79 Å². The van der Waals surface area contributed by atoms with Gasteiger partial charge < -0.3 is 9.73 Å². The molecule has 2 amide bonds. The molecule has 6 nitrogen and oxygen atoms in total. The molecule has 3 aromatic rings. The SMILES string of the molecule is O=C(Nc1ccc(Cl)cc1)Nc1nnc(-c2ccccc2Cl)o1. The highest BCUT2D eigenvalue weighted by molar-refractivity contribution is 6.33. The van der Waals surface area contributed by atoms with Crippen molar-refractivity contribution < 1.29 is 9.21 Å². The van der Waals surface area contributed by atoms with Crippen LogP contribution in [0.3, 0.4) is 0 Å². The summed E-state index contributed by atoms with van der Waals surface area (Å²) in [4.78, 5) is 11.9. The first-order chi connectivity index (χ1) is 11.1. The number of carbonyl (C=O) groups excluding carboxylic acids is 1. The van der Waals surface area contributed by atoms with E-state index in [1.807, 2.05) is 0 Å². The molecule has 1 heterocycles. The number of nitrogens with one attached hydrogen (secondary N) is 2. The topological polar surface area (TPSA) is 80.0 Å². The van der Waals surface area contributed by atoms with Gasteiger partial charge in [0.2, 0.25) is 0 Å². The average molecular weight is 349 g/mol. The maximum Gasteiger partial charge on any atom is 0.327 e. The number of anilines is 2. The first kappa shape index (κ1) is 15.3. The van der Waals surface area contributed by atoms with Gasteiger partial charge in [0.1, 0.15) is 0 Å². The molecule has 2 N–H and O–H groups in total. The van der Waals surface area contributed by atoms with Crippen LogP contribution < -0.4 is 10.6 Å². The summed E-state index contributed by atoms with van der Waals surface area (Å²) in [7, 11) is 0. The fraction of sp³-hybridized carbons (Fsp3) is 0. The van der Waals surface area contributed by atoms with Gasteiger partial charge in [0.15, 0.2) is 0 Å². The van der Waals surface area contributed by atoms with E-state index in [4.69, 9.17) is 27.6 Å². The van der Waals surface area contributed by atoms with Crippen LogP contribution in [0.4, 0.5) is 16.5 Å². The van der Waals surface area contributed by atoms with Gasteiger partial charge in [0.05, 0.1) is 10.6 Å². The molecule has 0 fully saturated rings. The Hall–Kier alpha value is -2.57. The molecular formula is C15H10Cl2N4O2. The van der Waals surface area contributed by atoms with E-state index in [2.05, 4.69) is 20.8 Å². The Labute approximate surface area is 141 Å². The van der Waals surface area contributed by atoms with Crippen molar-refractivity contribution in [1.82, 2.24) is 10.2 Å². The van der Waals surface area contributed by atoms with Crippen molar-refractivity contribution in [3.05, 3.63) is 58.6 Å². The van der Waals surface area contributed by atoms with Crippen molar-refractivity contribution in [2.24, 2.45) is 0 Å². The minimum Gasteiger partial charge on any atom is -0.403 e. The summed E-state index contributed by atoms with van der Waals surface area (Å²) in [6.45, 7) is 0. The van der Waals surface area contributed by atoms with E-state index in [1.54, 1.807) is 48.5 Å². The Bertz CT molecular complexity index is 834. The second kappa shape index (κ2) is 6.68. The van der Waals surface area contributed by atoms with Crippen molar-refractivity contribution in [2.45, 2.75) is 0 Å². The number of nitrogens with zero attached hydrogens (tertiary/aromatic N) is 2. The van der Waals surface area contributed by atoms with Crippen LogP contribution >= 0.6 is 23.2 Å². The highest BCUT2D eigenvalue weighted by Gasteiger charge is 2.13. The van der Waals surface area contributed by atoms with Crippen molar-refractivity contribution in [2.75, 3.05) is 10.6 Å².